The average Bonchev–Trinajstić information content (AvgIpc) is 3.14. The molecule has 0 atom stereocenters. The molecule has 0 fully saturated rings. The summed E-state index contributed by atoms with van der Waals surface area (Å²) < 4.78 is 15.8. The predicted octanol–water partition coefficient (Wildman–Crippen LogP) is 3.73. The van der Waals surface area contributed by atoms with Gasteiger partial charge in [0.05, 0.1) is 17.8 Å². The second kappa shape index (κ2) is 7.98. The number of amides is 1. The maximum Gasteiger partial charge on any atom is 0.230 e. The van der Waals surface area contributed by atoms with Gasteiger partial charge < -0.3 is 9.88 Å². The zero-order valence-electron chi connectivity index (χ0n) is 13.8. The van der Waals surface area contributed by atoms with E-state index in [2.05, 4.69) is 10.3 Å². The first-order valence-electron chi connectivity index (χ1n) is 7.85. The summed E-state index contributed by atoms with van der Waals surface area (Å²) in [5.41, 5.74) is 2.34. The molecule has 0 aliphatic rings. The van der Waals surface area contributed by atoms with E-state index in [1.807, 2.05) is 31.2 Å². The number of benzene rings is 2. The molecule has 128 valence electrons. The number of rotatable bonds is 6. The third kappa shape index (κ3) is 4.70. The lowest BCUT2D eigenvalue weighted by atomic mass is 10.2. The number of aryl methyl sites for hydroxylation is 1. The fourth-order valence-electron chi connectivity index (χ4n) is 2.31. The lowest BCUT2D eigenvalue weighted by Crippen LogP contribution is -2.24. The van der Waals surface area contributed by atoms with Crippen molar-refractivity contribution in [1.29, 1.82) is 0 Å². The smallest absolute Gasteiger partial charge is 0.230 e. The van der Waals surface area contributed by atoms with E-state index in [4.69, 9.17) is 0 Å². The van der Waals surface area contributed by atoms with Gasteiger partial charge in [-0.15, -0.1) is 11.8 Å². The van der Waals surface area contributed by atoms with Crippen molar-refractivity contribution in [2.45, 2.75) is 18.4 Å². The minimum absolute atomic E-state index is 0.0790. The Morgan fingerprint density at radius 3 is 2.72 bits per heavy atom. The van der Waals surface area contributed by atoms with Crippen LogP contribution in [-0.4, -0.2) is 21.2 Å². The van der Waals surface area contributed by atoms with Crippen LogP contribution >= 0.6 is 11.8 Å². The van der Waals surface area contributed by atoms with Crippen LogP contribution in [0.15, 0.2) is 66.1 Å². The molecule has 0 unspecified atom stereocenters. The standard InChI is InChI=1S/C19H18FN3OS/c1-14-2-5-16(6-3-14)25-12-19(24)22-11-15-4-7-18(17(20)10-15)23-9-8-21-13-23/h2-10,13H,11-12H2,1H3,(H,22,24). The van der Waals surface area contributed by atoms with Gasteiger partial charge in [0.25, 0.3) is 0 Å². The number of nitrogens with zero attached hydrogens (tertiary/aromatic N) is 2. The highest BCUT2D eigenvalue weighted by atomic mass is 32.2. The lowest BCUT2D eigenvalue weighted by molar-refractivity contribution is -0.118. The van der Waals surface area contributed by atoms with Crippen molar-refractivity contribution in [2.75, 3.05) is 5.75 Å². The van der Waals surface area contributed by atoms with Gasteiger partial charge in [-0.1, -0.05) is 23.8 Å². The highest BCUT2D eigenvalue weighted by molar-refractivity contribution is 8.00. The zero-order chi connectivity index (χ0) is 17.6. The SMILES string of the molecule is Cc1ccc(SCC(=O)NCc2ccc(-n3ccnc3)c(F)c2)cc1. The number of hydrogen-bond acceptors (Lipinski definition) is 3. The predicted molar refractivity (Wildman–Crippen MR) is 97.3 cm³/mol. The van der Waals surface area contributed by atoms with Crippen LogP contribution in [0.1, 0.15) is 11.1 Å². The molecule has 0 bridgehead atoms. The molecule has 2 aromatic carbocycles. The summed E-state index contributed by atoms with van der Waals surface area (Å²) in [4.78, 5) is 16.9. The van der Waals surface area contributed by atoms with Gasteiger partial charge in [-0.2, -0.15) is 0 Å². The largest absolute Gasteiger partial charge is 0.351 e. The molecule has 4 nitrogen and oxygen atoms in total. The number of hydrogen-bond donors (Lipinski definition) is 1. The molecular weight excluding hydrogens is 337 g/mol. The molecular formula is C19H18FN3OS. The summed E-state index contributed by atoms with van der Waals surface area (Å²) in [6, 6.07) is 12.9. The Hall–Kier alpha value is -2.60. The second-order valence-electron chi connectivity index (χ2n) is 5.63. The Balaban J connectivity index is 1.52. The van der Waals surface area contributed by atoms with Crippen molar-refractivity contribution in [1.82, 2.24) is 14.9 Å². The van der Waals surface area contributed by atoms with Crippen molar-refractivity contribution in [3.05, 3.63) is 78.1 Å². The van der Waals surface area contributed by atoms with Gasteiger partial charge in [0, 0.05) is 23.8 Å². The minimum atomic E-state index is -0.348. The van der Waals surface area contributed by atoms with Crippen LogP contribution in [0.2, 0.25) is 0 Å². The highest BCUT2D eigenvalue weighted by Crippen LogP contribution is 2.18. The first kappa shape index (κ1) is 17.2. The normalized spacial score (nSPS) is 10.6. The second-order valence-corrected chi connectivity index (χ2v) is 6.68. The summed E-state index contributed by atoms with van der Waals surface area (Å²) in [5.74, 6) is -0.0954. The monoisotopic (exact) mass is 355 g/mol. The van der Waals surface area contributed by atoms with E-state index in [0.717, 1.165) is 10.5 Å². The first-order valence-corrected chi connectivity index (χ1v) is 8.83. The molecule has 0 saturated heterocycles. The molecule has 0 aliphatic carbocycles. The van der Waals surface area contributed by atoms with E-state index in [0.29, 0.717) is 18.0 Å². The van der Waals surface area contributed by atoms with Crippen molar-refractivity contribution in [2.24, 2.45) is 0 Å². The van der Waals surface area contributed by atoms with Crippen molar-refractivity contribution < 1.29 is 9.18 Å². The molecule has 3 aromatic rings. The Morgan fingerprint density at radius 1 is 1.24 bits per heavy atom. The van der Waals surface area contributed by atoms with Crippen LogP contribution in [0.3, 0.4) is 0 Å². The highest BCUT2D eigenvalue weighted by Gasteiger charge is 2.07. The number of aromatic nitrogens is 2. The molecule has 0 aliphatic heterocycles. The van der Waals surface area contributed by atoms with Crippen LogP contribution in [0.25, 0.3) is 5.69 Å². The summed E-state index contributed by atoms with van der Waals surface area (Å²) in [6.07, 6.45) is 4.82. The van der Waals surface area contributed by atoms with E-state index in [9.17, 15) is 9.18 Å². The molecule has 0 spiro atoms. The third-order valence-electron chi connectivity index (χ3n) is 3.68. The zero-order valence-corrected chi connectivity index (χ0v) is 14.6. The average molecular weight is 355 g/mol. The lowest BCUT2D eigenvalue weighted by Gasteiger charge is -2.08. The van der Waals surface area contributed by atoms with Gasteiger partial charge in [0.2, 0.25) is 5.91 Å². The molecule has 25 heavy (non-hydrogen) atoms. The van der Waals surface area contributed by atoms with Crippen LogP contribution in [0.4, 0.5) is 4.39 Å². The number of carbonyl (C=O) groups excluding carboxylic acids is 1. The van der Waals surface area contributed by atoms with E-state index in [1.54, 1.807) is 35.4 Å². The number of imidazole rings is 1. The molecule has 1 heterocycles. The van der Waals surface area contributed by atoms with E-state index < -0.39 is 0 Å². The number of thioether (sulfide) groups is 1. The van der Waals surface area contributed by atoms with E-state index >= 15 is 0 Å². The third-order valence-corrected chi connectivity index (χ3v) is 4.69. The summed E-state index contributed by atoms with van der Waals surface area (Å²) in [6.45, 7) is 2.33. The number of carbonyl (C=O) groups is 1. The van der Waals surface area contributed by atoms with Crippen molar-refractivity contribution in [3.8, 4) is 5.69 Å². The molecule has 1 N–H and O–H groups in total. The first-order chi connectivity index (χ1) is 12.1. The van der Waals surface area contributed by atoms with E-state index in [1.165, 1.54) is 23.4 Å². The number of halogens is 1. The summed E-state index contributed by atoms with van der Waals surface area (Å²) in [5, 5.41) is 2.82. The molecule has 0 radical (unpaired) electrons. The van der Waals surface area contributed by atoms with Gasteiger partial charge in [-0.3, -0.25) is 4.79 Å². The fraction of sp³-hybridized carbons (Fsp3) is 0.158. The van der Waals surface area contributed by atoms with Gasteiger partial charge in [0.15, 0.2) is 0 Å². The Labute approximate surface area is 150 Å². The quantitative estimate of drug-likeness (QED) is 0.686. The van der Waals surface area contributed by atoms with Crippen molar-refractivity contribution in [3.63, 3.8) is 0 Å². The molecule has 1 aromatic heterocycles. The van der Waals surface area contributed by atoms with Gasteiger partial charge in [0.1, 0.15) is 5.82 Å². The Kier molecular flexibility index (Phi) is 5.50. The minimum Gasteiger partial charge on any atom is -0.351 e. The van der Waals surface area contributed by atoms with Gasteiger partial charge in [-0.25, -0.2) is 9.37 Å². The Bertz CT molecular complexity index is 848. The van der Waals surface area contributed by atoms with Crippen molar-refractivity contribution >= 4 is 17.7 Å². The maximum atomic E-state index is 14.2. The topological polar surface area (TPSA) is 46.9 Å². The maximum absolute atomic E-state index is 14.2. The summed E-state index contributed by atoms with van der Waals surface area (Å²) in [7, 11) is 0. The van der Waals surface area contributed by atoms with Crippen LogP contribution < -0.4 is 5.32 Å². The van der Waals surface area contributed by atoms with Gasteiger partial charge in [-0.05, 0) is 36.8 Å². The van der Waals surface area contributed by atoms with Crippen LogP contribution in [0.5, 0.6) is 0 Å². The van der Waals surface area contributed by atoms with Gasteiger partial charge >= 0.3 is 0 Å². The molecule has 0 saturated carbocycles. The summed E-state index contributed by atoms with van der Waals surface area (Å²) >= 11 is 1.48. The van der Waals surface area contributed by atoms with Crippen LogP contribution in [-0.2, 0) is 11.3 Å². The van der Waals surface area contributed by atoms with Crippen LogP contribution in [0, 0.1) is 12.7 Å². The Morgan fingerprint density at radius 2 is 2.04 bits per heavy atom. The molecule has 6 heteroatoms. The number of nitrogens with one attached hydrogen (secondary N) is 1. The molecule has 1 amide bonds. The fourth-order valence-corrected chi connectivity index (χ4v) is 3.03. The van der Waals surface area contributed by atoms with E-state index in [-0.39, 0.29) is 11.7 Å². The molecule has 3 rings (SSSR count).